The minimum Gasteiger partial charge on any atom is -0.340 e. The Morgan fingerprint density at radius 3 is 2.57 bits per heavy atom. The van der Waals surface area contributed by atoms with Crippen molar-refractivity contribution < 1.29 is 14.0 Å². The summed E-state index contributed by atoms with van der Waals surface area (Å²) in [6, 6.07) is 15.6. The summed E-state index contributed by atoms with van der Waals surface area (Å²) in [6.07, 6.45) is 7.39. The number of amides is 2. The van der Waals surface area contributed by atoms with Crippen molar-refractivity contribution in [1.29, 1.82) is 5.26 Å². The van der Waals surface area contributed by atoms with E-state index in [0.717, 1.165) is 17.7 Å². The molecular formula is C28H29FN6O2. The van der Waals surface area contributed by atoms with E-state index in [1.807, 2.05) is 35.0 Å². The fraction of sp³-hybridized carbons (Fsp3) is 0.357. The molecule has 1 aliphatic heterocycles. The quantitative estimate of drug-likeness (QED) is 0.417. The third-order valence-electron chi connectivity index (χ3n) is 7.08. The Labute approximate surface area is 215 Å². The SMILES string of the molecule is N#CC1CN(C(=O)[C@H](CCCN[C@@H]2C[C@H]2c2ccc(F)cc2)NC(=O)c2ccc(-n3ccnc3)cc2)C1. The molecule has 1 saturated carbocycles. The summed E-state index contributed by atoms with van der Waals surface area (Å²) in [5, 5.41) is 15.5. The van der Waals surface area contributed by atoms with Gasteiger partial charge in [-0.15, -0.1) is 0 Å². The van der Waals surface area contributed by atoms with Gasteiger partial charge in [0.1, 0.15) is 11.9 Å². The van der Waals surface area contributed by atoms with Gasteiger partial charge in [0.2, 0.25) is 5.91 Å². The molecule has 37 heavy (non-hydrogen) atoms. The average molecular weight is 501 g/mol. The Balaban J connectivity index is 1.15. The molecule has 2 aromatic carbocycles. The van der Waals surface area contributed by atoms with Gasteiger partial charge >= 0.3 is 0 Å². The Kier molecular flexibility index (Phi) is 7.28. The zero-order valence-corrected chi connectivity index (χ0v) is 20.4. The summed E-state index contributed by atoms with van der Waals surface area (Å²) >= 11 is 0. The van der Waals surface area contributed by atoms with Crippen molar-refractivity contribution >= 4 is 11.8 Å². The predicted octanol–water partition coefficient (Wildman–Crippen LogP) is 3.02. The molecule has 5 rings (SSSR count). The van der Waals surface area contributed by atoms with Crippen molar-refractivity contribution in [1.82, 2.24) is 25.1 Å². The van der Waals surface area contributed by atoms with Crippen molar-refractivity contribution in [2.75, 3.05) is 19.6 Å². The molecule has 2 fully saturated rings. The number of hydrogen-bond acceptors (Lipinski definition) is 5. The molecule has 3 atom stereocenters. The maximum absolute atomic E-state index is 13.2. The largest absolute Gasteiger partial charge is 0.340 e. The van der Waals surface area contributed by atoms with E-state index in [1.54, 1.807) is 29.6 Å². The van der Waals surface area contributed by atoms with Crippen LogP contribution in [0.3, 0.4) is 0 Å². The van der Waals surface area contributed by atoms with Crippen molar-refractivity contribution in [3.8, 4) is 11.8 Å². The standard InChI is InChI=1S/C28H29FN6O2/c29-22-7-3-20(4-8-22)24-14-26(24)32-11-1-2-25(28(37)35-16-19(15-30)17-35)33-27(36)21-5-9-23(10-6-21)34-13-12-31-18-34/h3-10,12-13,18-19,24-26,32H,1-2,11,14,16-17H2,(H,33,36)/t24-,25-,26+/m0/s1. The molecule has 190 valence electrons. The minimum absolute atomic E-state index is 0.143. The van der Waals surface area contributed by atoms with Gasteiger partial charge in [0.15, 0.2) is 0 Å². The molecule has 0 radical (unpaired) electrons. The summed E-state index contributed by atoms with van der Waals surface area (Å²) in [4.78, 5) is 31.8. The first kappa shape index (κ1) is 24.7. The normalized spacial score (nSPS) is 19.5. The predicted molar refractivity (Wildman–Crippen MR) is 135 cm³/mol. The zero-order chi connectivity index (χ0) is 25.8. The number of carbonyl (C=O) groups is 2. The third kappa shape index (κ3) is 5.87. The van der Waals surface area contributed by atoms with Crippen LogP contribution in [0.1, 0.15) is 41.1 Å². The molecule has 8 nitrogen and oxygen atoms in total. The summed E-state index contributed by atoms with van der Waals surface area (Å²) < 4.78 is 15.0. The maximum Gasteiger partial charge on any atom is 0.251 e. The van der Waals surface area contributed by atoms with Crippen LogP contribution in [0.5, 0.6) is 0 Å². The number of carbonyl (C=O) groups excluding carboxylic acids is 2. The van der Waals surface area contributed by atoms with E-state index in [0.29, 0.717) is 50.0 Å². The van der Waals surface area contributed by atoms with E-state index in [2.05, 4.69) is 21.7 Å². The van der Waals surface area contributed by atoms with Crippen molar-refractivity contribution in [2.45, 2.75) is 37.3 Å². The van der Waals surface area contributed by atoms with Crippen molar-refractivity contribution in [3.05, 3.63) is 84.2 Å². The molecule has 1 aliphatic carbocycles. The first-order chi connectivity index (χ1) is 18.0. The summed E-state index contributed by atoms with van der Waals surface area (Å²) in [5.74, 6) is -0.447. The van der Waals surface area contributed by atoms with E-state index >= 15 is 0 Å². The number of benzene rings is 2. The highest BCUT2D eigenvalue weighted by Gasteiger charge is 2.38. The number of rotatable bonds is 10. The van der Waals surface area contributed by atoms with Gasteiger partial charge in [-0.25, -0.2) is 9.37 Å². The lowest BCUT2D eigenvalue weighted by molar-refractivity contribution is -0.138. The molecular weight excluding hydrogens is 471 g/mol. The van der Waals surface area contributed by atoms with Crippen molar-refractivity contribution in [3.63, 3.8) is 0 Å². The first-order valence-electron chi connectivity index (χ1n) is 12.6. The highest BCUT2D eigenvalue weighted by Crippen LogP contribution is 2.40. The summed E-state index contributed by atoms with van der Waals surface area (Å²) in [6.45, 7) is 1.52. The van der Waals surface area contributed by atoms with Crippen LogP contribution >= 0.6 is 0 Å². The van der Waals surface area contributed by atoms with Crippen LogP contribution < -0.4 is 10.6 Å². The number of nitrogens with zero attached hydrogens (tertiary/aromatic N) is 4. The molecule has 1 saturated heterocycles. The Hall–Kier alpha value is -4.03. The Morgan fingerprint density at radius 1 is 1.14 bits per heavy atom. The second-order valence-corrected chi connectivity index (χ2v) is 9.71. The van der Waals surface area contributed by atoms with Gasteiger partial charge < -0.3 is 20.1 Å². The fourth-order valence-electron chi connectivity index (χ4n) is 4.75. The van der Waals surface area contributed by atoms with Gasteiger partial charge in [-0.3, -0.25) is 9.59 Å². The Bertz CT molecular complexity index is 1260. The lowest BCUT2D eigenvalue weighted by Crippen LogP contribution is -2.56. The average Bonchev–Trinajstić information content (AvgIpc) is 3.44. The van der Waals surface area contributed by atoms with Crippen LogP contribution in [0.15, 0.2) is 67.3 Å². The number of nitriles is 1. The topological polar surface area (TPSA) is 103 Å². The molecule has 0 unspecified atom stereocenters. The van der Waals surface area contributed by atoms with Gasteiger partial charge in [0.25, 0.3) is 5.91 Å². The van der Waals surface area contributed by atoms with E-state index in [4.69, 9.17) is 5.26 Å². The third-order valence-corrected chi connectivity index (χ3v) is 7.08. The molecule has 0 spiro atoms. The van der Waals surface area contributed by atoms with Crippen LogP contribution in [0.25, 0.3) is 5.69 Å². The molecule has 2 amide bonds. The van der Waals surface area contributed by atoms with Crippen LogP contribution in [0.4, 0.5) is 4.39 Å². The van der Waals surface area contributed by atoms with Gasteiger partial charge in [0.05, 0.1) is 18.3 Å². The number of aromatic nitrogens is 2. The molecule has 0 bridgehead atoms. The van der Waals surface area contributed by atoms with E-state index in [1.165, 1.54) is 12.1 Å². The Morgan fingerprint density at radius 2 is 1.89 bits per heavy atom. The second kappa shape index (κ2) is 10.9. The number of likely N-dealkylation sites (tertiary alicyclic amines) is 1. The highest BCUT2D eigenvalue weighted by atomic mass is 19.1. The number of hydrogen-bond donors (Lipinski definition) is 2. The van der Waals surface area contributed by atoms with Gasteiger partial charge in [0, 0.05) is 48.7 Å². The van der Waals surface area contributed by atoms with Crippen LogP contribution in [-0.2, 0) is 4.79 Å². The molecule has 2 aliphatic rings. The van der Waals surface area contributed by atoms with Gasteiger partial charge in [-0.2, -0.15) is 5.26 Å². The van der Waals surface area contributed by atoms with E-state index in [9.17, 15) is 14.0 Å². The van der Waals surface area contributed by atoms with Crippen LogP contribution in [0, 0.1) is 23.1 Å². The van der Waals surface area contributed by atoms with Crippen LogP contribution in [0.2, 0.25) is 0 Å². The maximum atomic E-state index is 13.2. The van der Waals surface area contributed by atoms with Gasteiger partial charge in [-0.05, 0) is 67.8 Å². The molecule has 9 heteroatoms. The van der Waals surface area contributed by atoms with Crippen LogP contribution in [-0.4, -0.2) is 58.0 Å². The van der Waals surface area contributed by atoms with E-state index in [-0.39, 0.29) is 23.5 Å². The lowest BCUT2D eigenvalue weighted by atomic mass is 9.99. The lowest BCUT2D eigenvalue weighted by Gasteiger charge is -2.37. The van der Waals surface area contributed by atoms with Gasteiger partial charge in [-0.1, -0.05) is 12.1 Å². The molecule has 1 aromatic heterocycles. The molecule has 2 N–H and O–H groups in total. The first-order valence-corrected chi connectivity index (χ1v) is 12.6. The number of imidazole rings is 1. The zero-order valence-electron chi connectivity index (χ0n) is 20.4. The minimum atomic E-state index is -0.658. The second-order valence-electron chi connectivity index (χ2n) is 9.71. The number of nitrogens with one attached hydrogen (secondary N) is 2. The summed E-state index contributed by atoms with van der Waals surface area (Å²) in [7, 11) is 0. The highest BCUT2D eigenvalue weighted by molar-refractivity contribution is 5.97. The fourth-order valence-corrected chi connectivity index (χ4v) is 4.75. The molecule has 2 heterocycles. The smallest absolute Gasteiger partial charge is 0.251 e. The molecule has 3 aromatic rings. The van der Waals surface area contributed by atoms with Crippen molar-refractivity contribution in [2.24, 2.45) is 5.92 Å². The summed E-state index contributed by atoms with van der Waals surface area (Å²) in [5.41, 5.74) is 2.48. The monoisotopic (exact) mass is 500 g/mol. The number of halogens is 1. The van der Waals surface area contributed by atoms with E-state index < -0.39 is 6.04 Å².